The molecule has 0 aliphatic carbocycles. The molecule has 1 aliphatic rings. The van der Waals surface area contributed by atoms with Crippen LogP contribution in [0.2, 0.25) is 0 Å². The van der Waals surface area contributed by atoms with E-state index in [1.165, 1.54) is 11.5 Å². The highest BCUT2D eigenvalue weighted by molar-refractivity contribution is 7.09. The second-order valence-electron chi connectivity index (χ2n) is 4.60. The number of hydrogen-bond donors (Lipinski definition) is 1. The third kappa shape index (κ3) is 2.98. The van der Waals surface area contributed by atoms with E-state index in [0.717, 1.165) is 42.8 Å². The Labute approximate surface area is 116 Å². The van der Waals surface area contributed by atoms with Gasteiger partial charge in [-0.05, 0) is 25.8 Å². The molecule has 3 heterocycles. The number of aromatic nitrogens is 4. The normalized spacial score (nSPS) is 16.6. The first-order valence-corrected chi connectivity index (χ1v) is 7.17. The molecule has 2 aromatic rings. The number of piperidine rings is 1. The smallest absolute Gasteiger partial charge is 0.225 e. The average Bonchev–Trinajstić information content (AvgIpc) is 2.86. The summed E-state index contributed by atoms with van der Waals surface area (Å²) in [5.41, 5.74) is 0. The van der Waals surface area contributed by atoms with E-state index < -0.39 is 0 Å². The Morgan fingerprint density at radius 1 is 1.26 bits per heavy atom. The first kappa shape index (κ1) is 12.3. The summed E-state index contributed by atoms with van der Waals surface area (Å²) in [6, 6.07) is 2.31. The fourth-order valence-electron chi connectivity index (χ4n) is 2.21. The summed E-state index contributed by atoms with van der Waals surface area (Å²) in [5.74, 6) is 1.66. The van der Waals surface area contributed by atoms with Gasteiger partial charge in [0.15, 0.2) is 0 Å². The van der Waals surface area contributed by atoms with Crippen LogP contribution >= 0.6 is 11.5 Å². The van der Waals surface area contributed by atoms with Crippen LogP contribution in [0.25, 0.3) is 0 Å². The molecule has 0 bridgehead atoms. The van der Waals surface area contributed by atoms with Gasteiger partial charge in [-0.2, -0.15) is 4.37 Å². The molecule has 1 aliphatic heterocycles. The molecule has 1 saturated heterocycles. The Hall–Kier alpha value is -1.76. The van der Waals surface area contributed by atoms with Crippen molar-refractivity contribution in [3.05, 3.63) is 24.3 Å². The van der Waals surface area contributed by atoms with Crippen molar-refractivity contribution in [1.82, 2.24) is 19.3 Å². The zero-order chi connectivity index (χ0) is 13.1. The molecular formula is C12H16N6S. The monoisotopic (exact) mass is 276 g/mol. The molecule has 0 aromatic carbocycles. The summed E-state index contributed by atoms with van der Waals surface area (Å²) in [4.78, 5) is 15.1. The van der Waals surface area contributed by atoms with Crippen molar-refractivity contribution in [2.75, 3.05) is 23.3 Å². The number of aryl methyl sites for hydroxylation is 1. The summed E-state index contributed by atoms with van der Waals surface area (Å²) in [6.45, 7) is 3.86. The van der Waals surface area contributed by atoms with Crippen LogP contribution in [0.5, 0.6) is 0 Å². The van der Waals surface area contributed by atoms with Crippen LogP contribution < -0.4 is 10.2 Å². The highest BCUT2D eigenvalue weighted by Gasteiger charge is 2.21. The standard InChI is InChI=1S/C12H16N6S/c1-9-15-12(19-17-9)16-10-3-7-18(8-4-10)11-13-5-2-6-14-11/h2,5-6,10H,3-4,7-8H2,1H3,(H,15,16,17). The SMILES string of the molecule is Cc1nsc(NC2CCN(c3ncccn3)CC2)n1. The van der Waals surface area contributed by atoms with E-state index in [-0.39, 0.29) is 0 Å². The predicted molar refractivity (Wildman–Crippen MR) is 75.5 cm³/mol. The van der Waals surface area contributed by atoms with E-state index in [1.807, 2.05) is 13.0 Å². The maximum atomic E-state index is 4.34. The first-order valence-electron chi connectivity index (χ1n) is 6.40. The van der Waals surface area contributed by atoms with Crippen molar-refractivity contribution < 1.29 is 0 Å². The largest absolute Gasteiger partial charge is 0.357 e. The number of hydrogen-bond acceptors (Lipinski definition) is 7. The van der Waals surface area contributed by atoms with Crippen LogP contribution in [0.15, 0.2) is 18.5 Å². The quantitative estimate of drug-likeness (QED) is 0.920. The van der Waals surface area contributed by atoms with E-state index in [2.05, 4.69) is 29.5 Å². The van der Waals surface area contributed by atoms with Crippen LogP contribution in [0.3, 0.4) is 0 Å². The van der Waals surface area contributed by atoms with Gasteiger partial charge in [-0.1, -0.05) is 0 Å². The van der Waals surface area contributed by atoms with Gasteiger partial charge in [0.05, 0.1) is 0 Å². The van der Waals surface area contributed by atoms with Gasteiger partial charge >= 0.3 is 0 Å². The Morgan fingerprint density at radius 2 is 2.00 bits per heavy atom. The summed E-state index contributed by atoms with van der Waals surface area (Å²) < 4.78 is 4.18. The topological polar surface area (TPSA) is 66.8 Å². The second kappa shape index (κ2) is 5.48. The third-order valence-electron chi connectivity index (χ3n) is 3.19. The lowest BCUT2D eigenvalue weighted by molar-refractivity contribution is 0.519. The first-order chi connectivity index (χ1) is 9.31. The minimum absolute atomic E-state index is 0.465. The Balaban J connectivity index is 1.55. The maximum Gasteiger partial charge on any atom is 0.225 e. The van der Waals surface area contributed by atoms with Crippen LogP contribution in [0, 0.1) is 6.92 Å². The molecule has 2 aromatic heterocycles. The van der Waals surface area contributed by atoms with Crippen LogP contribution in [-0.2, 0) is 0 Å². The zero-order valence-electron chi connectivity index (χ0n) is 10.8. The molecule has 0 spiro atoms. The van der Waals surface area contributed by atoms with Crippen LogP contribution in [0.4, 0.5) is 11.1 Å². The summed E-state index contributed by atoms with van der Waals surface area (Å²) in [7, 11) is 0. The lowest BCUT2D eigenvalue weighted by Gasteiger charge is -2.32. The van der Waals surface area contributed by atoms with E-state index in [9.17, 15) is 0 Å². The molecule has 1 N–H and O–H groups in total. The number of nitrogens with one attached hydrogen (secondary N) is 1. The lowest BCUT2D eigenvalue weighted by atomic mass is 10.1. The van der Waals surface area contributed by atoms with Crippen molar-refractivity contribution in [3.63, 3.8) is 0 Å². The number of nitrogens with zero attached hydrogens (tertiary/aromatic N) is 5. The maximum absolute atomic E-state index is 4.34. The molecule has 0 radical (unpaired) electrons. The average molecular weight is 276 g/mol. The fraction of sp³-hybridized carbons (Fsp3) is 0.500. The third-order valence-corrected chi connectivity index (χ3v) is 3.92. The Kier molecular flexibility index (Phi) is 3.54. The van der Waals surface area contributed by atoms with Crippen LogP contribution in [0.1, 0.15) is 18.7 Å². The lowest BCUT2D eigenvalue weighted by Crippen LogP contribution is -2.39. The van der Waals surface area contributed by atoms with E-state index >= 15 is 0 Å². The summed E-state index contributed by atoms with van der Waals surface area (Å²) >= 11 is 1.43. The van der Waals surface area contributed by atoms with Crippen molar-refractivity contribution in [1.29, 1.82) is 0 Å². The van der Waals surface area contributed by atoms with E-state index in [1.54, 1.807) is 12.4 Å². The van der Waals surface area contributed by atoms with Crippen LogP contribution in [-0.4, -0.2) is 38.5 Å². The molecule has 19 heavy (non-hydrogen) atoms. The Bertz CT molecular complexity index is 520. The minimum atomic E-state index is 0.465. The highest BCUT2D eigenvalue weighted by atomic mass is 32.1. The number of rotatable bonds is 3. The highest BCUT2D eigenvalue weighted by Crippen LogP contribution is 2.20. The fourth-order valence-corrected chi connectivity index (χ4v) is 2.86. The van der Waals surface area contributed by atoms with Gasteiger partial charge in [-0.25, -0.2) is 15.0 Å². The molecule has 7 heteroatoms. The van der Waals surface area contributed by atoms with Crippen molar-refractivity contribution in [2.24, 2.45) is 0 Å². The second-order valence-corrected chi connectivity index (χ2v) is 5.35. The molecule has 6 nitrogen and oxygen atoms in total. The molecule has 0 saturated carbocycles. The molecule has 100 valence electrons. The Morgan fingerprint density at radius 3 is 2.63 bits per heavy atom. The zero-order valence-corrected chi connectivity index (χ0v) is 11.6. The number of anilines is 2. The van der Waals surface area contributed by atoms with Gasteiger partial charge in [0, 0.05) is 43.1 Å². The molecular weight excluding hydrogens is 260 g/mol. The van der Waals surface area contributed by atoms with E-state index in [0.29, 0.717) is 6.04 Å². The van der Waals surface area contributed by atoms with Gasteiger partial charge in [0.1, 0.15) is 5.82 Å². The molecule has 1 fully saturated rings. The molecule has 0 amide bonds. The summed E-state index contributed by atoms with van der Waals surface area (Å²) in [6.07, 6.45) is 5.71. The van der Waals surface area contributed by atoms with Crippen molar-refractivity contribution >= 4 is 22.6 Å². The minimum Gasteiger partial charge on any atom is -0.357 e. The van der Waals surface area contributed by atoms with Gasteiger partial charge in [-0.3, -0.25) is 0 Å². The van der Waals surface area contributed by atoms with Crippen molar-refractivity contribution in [3.8, 4) is 0 Å². The van der Waals surface area contributed by atoms with Gasteiger partial charge in [0.2, 0.25) is 11.1 Å². The van der Waals surface area contributed by atoms with Crippen molar-refractivity contribution in [2.45, 2.75) is 25.8 Å². The van der Waals surface area contributed by atoms with E-state index in [4.69, 9.17) is 0 Å². The van der Waals surface area contributed by atoms with Gasteiger partial charge < -0.3 is 10.2 Å². The van der Waals surface area contributed by atoms with Gasteiger partial charge in [-0.15, -0.1) is 0 Å². The molecule has 3 rings (SSSR count). The van der Waals surface area contributed by atoms with Gasteiger partial charge in [0.25, 0.3) is 0 Å². The summed E-state index contributed by atoms with van der Waals surface area (Å²) in [5, 5.41) is 4.37. The predicted octanol–water partition coefficient (Wildman–Crippen LogP) is 1.72. The molecule has 0 atom stereocenters. The molecule has 0 unspecified atom stereocenters.